The topological polar surface area (TPSA) is 143 Å². The number of aromatic nitrogens is 5. The van der Waals surface area contributed by atoms with Gasteiger partial charge in [-0.25, -0.2) is 27.3 Å². The number of rotatable bonds is 13. The number of allylic oxidation sites excluding steroid dienone is 1. The monoisotopic (exact) mass is 1110 g/mol. The van der Waals surface area contributed by atoms with Crippen molar-refractivity contribution in [2.24, 2.45) is 13.0 Å². The zero-order valence-electron chi connectivity index (χ0n) is 46.7. The minimum absolute atomic E-state index is 0.00280. The Bertz CT molecular complexity index is 3400. The number of pyridine rings is 1. The van der Waals surface area contributed by atoms with Gasteiger partial charge in [-0.2, -0.15) is 15.1 Å². The van der Waals surface area contributed by atoms with Crippen LogP contribution in [0.3, 0.4) is 0 Å². The Labute approximate surface area is 470 Å². The molecule has 15 nitrogen and oxygen atoms in total. The zero-order chi connectivity index (χ0) is 56.6. The first-order valence-electron chi connectivity index (χ1n) is 28.9. The number of nitrogens with zero attached hydrogens (tertiary/aromatic N) is 9. The van der Waals surface area contributed by atoms with Crippen molar-refractivity contribution < 1.29 is 41.4 Å². The number of carbonyl (C=O) groups is 2. The van der Waals surface area contributed by atoms with E-state index in [0.29, 0.717) is 104 Å². The number of aryl methyl sites for hydroxylation is 2. The molecule has 0 aliphatic carbocycles. The number of benzene rings is 3. The summed E-state index contributed by atoms with van der Waals surface area (Å²) in [5, 5.41) is 10.1. The number of nitrogens with one attached hydrogen (secondary N) is 1. The lowest BCUT2D eigenvalue weighted by atomic mass is 9.91. The average molecular weight is 1110 g/mol. The van der Waals surface area contributed by atoms with E-state index in [4.69, 9.17) is 35.6 Å². The molecule has 3 aromatic heterocycles. The molecule has 0 spiro atoms. The first-order chi connectivity index (χ1) is 39.2. The maximum Gasteiger partial charge on any atom is 0.409 e. The number of halogens is 4. The molecule has 12 rings (SSSR count). The minimum Gasteiger partial charge on any atom is -0.461 e. The Morgan fingerprint density at radius 1 is 0.988 bits per heavy atom. The Kier molecular flexibility index (Phi) is 16.2. The van der Waals surface area contributed by atoms with Crippen LogP contribution in [0.25, 0.3) is 43.8 Å². The summed E-state index contributed by atoms with van der Waals surface area (Å²) < 4.78 is 81.0. The van der Waals surface area contributed by atoms with Crippen molar-refractivity contribution in [2.45, 2.75) is 120 Å². The van der Waals surface area contributed by atoms with E-state index < -0.39 is 17.6 Å². The number of amides is 2. The van der Waals surface area contributed by atoms with Gasteiger partial charge < -0.3 is 34.2 Å². The molecule has 428 valence electrons. The van der Waals surface area contributed by atoms with E-state index in [1.54, 1.807) is 26.6 Å². The molecular weight excluding hydrogens is 1040 g/mol. The van der Waals surface area contributed by atoms with Crippen LogP contribution in [0, 0.1) is 29.9 Å². The summed E-state index contributed by atoms with van der Waals surface area (Å²) in [6.07, 6.45) is 15.9. The van der Waals surface area contributed by atoms with Gasteiger partial charge in [0.2, 0.25) is 5.91 Å². The van der Waals surface area contributed by atoms with Crippen molar-refractivity contribution in [1.29, 1.82) is 0 Å². The maximum absolute atomic E-state index is 16.9. The lowest BCUT2D eigenvalue weighted by Gasteiger charge is -2.33. The number of terminal acetylenes is 1. The van der Waals surface area contributed by atoms with Gasteiger partial charge >= 0.3 is 12.1 Å². The normalized spacial score (nSPS) is 20.3. The zero-order valence-corrected chi connectivity index (χ0v) is 46.7. The third-order valence-electron chi connectivity index (χ3n) is 17.7. The van der Waals surface area contributed by atoms with Crippen LogP contribution in [0.4, 0.5) is 33.9 Å². The molecule has 2 unspecified atom stereocenters. The Morgan fingerprint density at radius 2 is 1.79 bits per heavy atom. The molecule has 0 saturated carbocycles. The van der Waals surface area contributed by atoms with Crippen LogP contribution in [-0.2, 0) is 27.7 Å². The van der Waals surface area contributed by atoms with E-state index in [1.165, 1.54) is 13.2 Å². The van der Waals surface area contributed by atoms with Gasteiger partial charge in [-0.3, -0.25) is 14.4 Å². The highest BCUT2D eigenvalue weighted by Gasteiger charge is 2.45. The molecule has 5 fully saturated rings. The standard InChI is InChI=1S/C34H33F2N5O2.C28H39F2N5O3/c1-2-23-25(35)11-9-21-7-3-8-24(27(21)23)30-29(36)31-28-26(37-30)12-10-22-19-42-18-6-17-41(22)32(28)39-33(38-31)43-20-34-13-4-15-40(34)16-5-14-34;1-5-14-35(18-28(29,30)13-10-20-11-15-34(16-12-20)27(37)38-4)21-7-9-22-24(17-21)33(3)32-25(22)23-8-6-19(2)31-26(23)36/h1,3,7-9,11,22H,4-6,10,12-20H2;7,9,17,20,23H,2,5-6,8,10-16,18H2,1,3-4H3,(H,31,36). The molecule has 5 saturated heterocycles. The fourth-order valence-electron chi connectivity index (χ4n) is 13.5. The number of hydrogen-bond donors (Lipinski definition) is 1. The van der Waals surface area contributed by atoms with E-state index in [2.05, 4.69) is 32.7 Å². The van der Waals surface area contributed by atoms with Crippen molar-refractivity contribution >= 4 is 56.1 Å². The molecule has 0 bridgehead atoms. The van der Waals surface area contributed by atoms with Crippen molar-refractivity contribution in [1.82, 2.24) is 39.8 Å². The van der Waals surface area contributed by atoms with Gasteiger partial charge in [0, 0.05) is 74.0 Å². The van der Waals surface area contributed by atoms with Crippen molar-refractivity contribution in [2.75, 3.05) is 82.5 Å². The summed E-state index contributed by atoms with van der Waals surface area (Å²) in [6, 6.07) is 14.3. The molecule has 1 N–H and O–H groups in total. The lowest BCUT2D eigenvalue weighted by molar-refractivity contribution is -0.122. The summed E-state index contributed by atoms with van der Waals surface area (Å²) in [5.41, 5.74) is 4.50. The van der Waals surface area contributed by atoms with Crippen LogP contribution in [0.1, 0.15) is 113 Å². The van der Waals surface area contributed by atoms with Crippen LogP contribution < -0.4 is 19.9 Å². The van der Waals surface area contributed by atoms with E-state index in [9.17, 15) is 14.0 Å². The number of carbonyl (C=O) groups excluding carboxylic acids is 2. The van der Waals surface area contributed by atoms with Gasteiger partial charge in [-0.1, -0.05) is 43.7 Å². The molecule has 3 aromatic carbocycles. The summed E-state index contributed by atoms with van der Waals surface area (Å²) in [6.45, 7) is 11.7. The van der Waals surface area contributed by atoms with Crippen LogP contribution in [0.2, 0.25) is 0 Å². The highest BCUT2D eigenvalue weighted by Crippen LogP contribution is 2.43. The first kappa shape index (κ1) is 55.8. The van der Waals surface area contributed by atoms with Gasteiger partial charge in [-0.05, 0) is 132 Å². The summed E-state index contributed by atoms with van der Waals surface area (Å²) in [5.74, 6) is -1.10. The quantitative estimate of drug-likeness (QED) is 0.0868. The van der Waals surface area contributed by atoms with Gasteiger partial charge in [-0.15, -0.1) is 6.42 Å². The van der Waals surface area contributed by atoms with E-state index in [0.717, 1.165) is 99.7 Å². The molecular formula is C62H72F4N10O5. The fraction of sp³-hybridized carbons (Fsp3) is 0.516. The predicted octanol–water partition coefficient (Wildman–Crippen LogP) is 10.8. The van der Waals surface area contributed by atoms with Crippen LogP contribution in [0.5, 0.6) is 6.01 Å². The molecule has 6 aliphatic heterocycles. The number of methoxy groups -OCH3 is 1. The Hall–Kier alpha value is -7.04. The molecule has 2 amide bonds. The van der Waals surface area contributed by atoms with E-state index in [-0.39, 0.29) is 71.2 Å². The number of alkyl halides is 2. The summed E-state index contributed by atoms with van der Waals surface area (Å²) in [7, 11) is 3.17. The molecule has 6 aromatic rings. The van der Waals surface area contributed by atoms with Crippen LogP contribution in [0.15, 0.2) is 60.8 Å². The predicted molar refractivity (Wildman–Crippen MR) is 305 cm³/mol. The van der Waals surface area contributed by atoms with Crippen LogP contribution in [-0.4, -0.2) is 137 Å². The summed E-state index contributed by atoms with van der Waals surface area (Å²) in [4.78, 5) is 47.0. The number of likely N-dealkylation sites (tertiary alicyclic amines) is 1. The largest absolute Gasteiger partial charge is 0.461 e. The van der Waals surface area contributed by atoms with Gasteiger partial charge in [0.15, 0.2) is 5.82 Å². The average Bonchev–Trinajstić information content (AvgIpc) is 4.17. The van der Waals surface area contributed by atoms with Crippen molar-refractivity contribution in [3.8, 4) is 29.6 Å². The second-order valence-electron chi connectivity index (χ2n) is 22.9. The maximum atomic E-state index is 16.9. The second kappa shape index (κ2) is 23.4. The number of ether oxygens (including phenoxy) is 3. The van der Waals surface area contributed by atoms with Crippen molar-refractivity contribution in [3.63, 3.8) is 0 Å². The van der Waals surface area contributed by atoms with Crippen LogP contribution >= 0.6 is 0 Å². The van der Waals surface area contributed by atoms with Gasteiger partial charge in [0.05, 0.1) is 65.6 Å². The molecule has 81 heavy (non-hydrogen) atoms. The highest BCUT2D eigenvalue weighted by atomic mass is 19.3. The number of fused-ring (bicyclic) bond motifs is 5. The number of hydrogen-bond acceptors (Lipinski definition) is 12. The first-order valence-corrected chi connectivity index (χ1v) is 28.9. The second-order valence-corrected chi connectivity index (χ2v) is 22.9. The molecule has 6 aliphatic rings. The van der Waals surface area contributed by atoms with E-state index in [1.807, 2.05) is 44.3 Å². The highest BCUT2D eigenvalue weighted by molar-refractivity contribution is 6.03. The molecule has 9 heterocycles. The molecule has 0 radical (unpaired) electrons. The Morgan fingerprint density at radius 3 is 2.54 bits per heavy atom. The molecule has 19 heteroatoms. The van der Waals surface area contributed by atoms with E-state index >= 15 is 13.2 Å². The fourth-order valence-corrected chi connectivity index (χ4v) is 13.5. The van der Waals surface area contributed by atoms with Crippen molar-refractivity contribution in [3.05, 3.63) is 89.4 Å². The summed E-state index contributed by atoms with van der Waals surface area (Å²) >= 11 is 0. The van der Waals surface area contributed by atoms with Gasteiger partial charge in [0.1, 0.15) is 29.5 Å². The SMILES string of the molecule is C#Cc1c(F)ccc2cccc(-c3nc4c5c(nc(OCC67CCCN6CCC7)nc5c3F)N3CCCOCC3CC4)c12.C=C1CCC(c2nn(C)c3cc(N(CCC)CC(F)(F)CCC4CCN(C(=O)OC)CC4)ccc23)C(=O)N1. The Balaban J connectivity index is 0.000000172. The number of piperidine rings is 2. The molecule has 2 atom stereocenters. The lowest BCUT2D eigenvalue weighted by Crippen LogP contribution is -2.43. The third-order valence-corrected chi connectivity index (χ3v) is 17.7. The third kappa shape index (κ3) is 11.2. The smallest absolute Gasteiger partial charge is 0.409 e. The minimum atomic E-state index is -2.84. The van der Waals surface area contributed by atoms with Gasteiger partial charge in [0.25, 0.3) is 5.92 Å². The number of anilines is 2.